The molecule has 1 amide bonds. The lowest BCUT2D eigenvalue weighted by molar-refractivity contribution is -0.119. The molecule has 0 aliphatic heterocycles. The van der Waals surface area contributed by atoms with Gasteiger partial charge in [-0.05, 0) is 37.5 Å². The highest BCUT2D eigenvalue weighted by atomic mass is 16.5. The molecular formula is C17H24N4O2. The summed E-state index contributed by atoms with van der Waals surface area (Å²) in [7, 11) is 0. The highest BCUT2D eigenvalue weighted by Crippen LogP contribution is 2.14. The van der Waals surface area contributed by atoms with Crippen molar-refractivity contribution in [2.75, 3.05) is 13.2 Å². The summed E-state index contributed by atoms with van der Waals surface area (Å²) in [4.78, 5) is 15.4. The van der Waals surface area contributed by atoms with Gasteiger partial charge in [0.2, 0.25) is 0 Å². The third-order valence-electron chi connectivity index (χ3n) is 3.39. The van der Waals surface area contributed by atoms with Crippen LogP contribution in [0.5, 0.6) is 5.75 Å². The van der Waals surface area contributed by atoms with Gasteiger partial charge in [0.25, 0.3) is 5.91 Å². The first-order chi connectivity index (χ1) is 11.2. The minimum Gasteiger partial charge on any atom is -0.484 e. The van der Waals surface area contributed by atoms with Gasteiger partial charge in [-0.2, -0.15) is 0 Å². The normalized spacial score (nSPS) is 14.7. The predicted octanol–water partition coefficient (Wildman–Crippen LogP) is 1.32. The lowest BCUT2D eigenvalue weighted by atomic mass is 10.2. The Kier molecular flexibility index (Phi) is 6.47. The third kappa shape index (κ3) is 6.02. The molecule has 6 heteroatoms. The molecule has 1 aromatic rings. The Bertz CT molecular complexity index is 576. The minimum absolute atomic E-state index is 0.119. The molecular weight excluding hydrogens is 292 g/mol. The van der Waals surface area contributed by atoms with Gasteiger partial charge in [0.05, 0.1) is 6.54 Å². The summed E-state index contributed by atoms with van der Waals surface area (Å²) in [6.45, 7) is 3.27. The van der Waals surface area contributed by atoms with E-state index >= 15 is 0 Å². The SMILES string of the molecule is CCNC(=NCc1cccc(OCC(N)=O)c1)NC1CC=CC1. The molecule has 1 aromatic carbocycles. The summed E-state index contributed by atoms with van der Waals surface area (Å²) >= 11 is 0. The van der Waals surface area contributed by atoms with Crippen LogP contribution in [-0.4, -0.2) is 31.1 Å². The number of hydrogen-bond acceptors (Lipinski definition) is 3. The lowest BCUT2D eigenvalue weighted by Gasteiger charge is -2.16. The van der Waals surface area contributed by atoms with Crippen molar-refractivity contribution in [1.29, 1.82) is 0 Å². The van der Waals surface area contributed by atoms with Gasteiger partial charge in [-0.15, -0.1) is 0 Å². The summed E-state index contributed by atoms with van der Waals surface area (Å²) in [5.41, 5.74) is 6.09. The third-order valence-corrected chi connectivity index (χ3v) is 3.39. The zero-order valence-electron chi connectivity index (χ0n) is 13.4. The molecule has 0 spiro atoms. The average Bonchev–Trinajstić information content (AvgIpc) is 3.04. The van der Waals surface area contributed by atoms with Crippen molar-refractivity contribution in [2.24, 2.45) is 10.7 Å². The van der Waals surface area contributed by atoms with E-state index in [1.54, 1.807) is 6.07 Å². The first-order valence-electron chi connectivity index (χ1n) is 7.87. The highest BCUT2D eigenvalue weighted by Gasteiger charge is 2.11. The second-order valence-corrected chi connectivity index (χ2v) is 5.38. The van der Waals surface area contributed by atoms with Crippen LogP contribution in [0.4, 0.5) is 0 Å². The number of ether oxygens (including phenoxy) is 1. The number of aliphatic imine (C=N–C) groups is 1. The molecule has 23 heavy (non-hydrogen) atoms. The van der Waals surface area contributed by atoms with Crippen LogP contribution in [0.25, 0.3) is 0 Å². The lowest BCUT2D eigenvalue weighted by Crippen LogP contribution is -2.42. The van der Waals surface area contributed by atoms with Crippen molar-refractivity contribution < 1.29 is 9.53 Å². The molecule has 0 saturated heterocycles. The molecule has 1 aliphatic carbocycles. The van der Waals surface area contributed by atoms with Gasteiger partial charge in [-0.3, -0.25) is 4.79 Å². The molecule has 0 atom stereocenters. The number of primary amides is 1. The number of nitrogens with two attached hydrogens (primary N) is 1. The number of nitrogens with zero attached hydrogens (tertiary/aromatic N) is 1. The molecule has 2 rings (SSSR count). The van der Waals surface area contributed by atoms with Crippen LogP contribution < -0.4 is 21.1 Å². The quantitative estimate of drug-likeness (QED) is 0.402. The van der Waals surface area contributed by atoms with Crippen LogP contribution in [0, 0.1) is 0 Å². The zero-order valence-corrected chi connectivity index (χ0v) is 13.4. The standard InChI is InChI=1S/C17H24N4O2/c1-2-19-17(21-14-7-3-4-8-14)20-11-13-6-5-9-15(10-13)23-12-16(18)22/h3-6,9-10,14H,2,7-8,11-12H2,1H3,(H2,18,22)(H2,19,20,21). The molecule has 124 valence electrons. The largest absolute Gasteiger partial charge is 0.484 e. The molecule has 0 saturated carbocycles. The summed E-state index contributed by atoms with van der Waals surface area (Å²) in [6.07, 6.45) is 6.42. The average molecular weight is 316 g/mol. The maximum atomic E-state index is 10.8. The van der Waals surface area contributed by atoms with Crippen LogP contribution in [-0.2, 0) is 11.3 Å². The molecule has 0 radical (unpaired) electrons. The van der Waals surface area contributed by atoms with Crippen LogP contribution in [0.15, 0.2) is 41.4 Å². The van der Waals surface area contributed by atoms with E-state index in [1.165, 1.54) is 0 Å². The minimum atomic E-state index is -0.489. The number of benzene rings is 1. The fraction of sp³-hybridized carbons (Fsp3) is 0.412. The summed E-state index contributed by atoms with van der Waals surface area (Å²) < 4.78 is 5.31. The first-order valence-corrected chi connectivity index (χ1v) is 7.87. The van der Waals surface area contributed by atoms with E-state index in [4.69, 9.17) is 10.5 Å². The summed E-state index contributed by atoms with van der Waals surface area (Å²) in [5, 5.41) is 6.68. The summed E-state index contributed by atoms with van der Waals surface area (Å²) in [5.74, 6) is 0.941. The highest BCUT2D eigenvalue weighted by molar-refractivity contribution is 5.80. The Balaban J connectivity index is 1.94. The zero-order chi connectivity index (χ0) is 16.5. The molecule has 0 unspecified atom stereocenters. The van der Waals surface area contributed by atoms with Crippen LogP contribution in [0.3, 0.4) is 0 Å². The first kappa shape index (κ1) is 16.9. The fourth-order valence-electron chi connectivity index (χ4n) is 2.31. The number of amides is 1. The van der Waals surface area contributed by atoms with Gasteiger partial charge in [0, 0.05) is 12.6 Å². The number of hydrogen-bond donors (Lipinski definition) is 3. The number of carbonyl (C=O) groups is 1. The molecule has 4 N–H and O–H groups in total. The van der Waals surface area contributed by atoms with E-state index in [0.29, 0.717) is 18.3 Å². The van der Waals surface area contributed by atoms with E-state index in [-0.39, 0.29) is 6.61 Å². The van der Waals surface area contributed by atoms with E-state index < -0.39 is 5.91 Å². The predicted molar refractivity (Wildman–Crippen MR) is 91.2 cm³/mol. The number of guanidine groups is 1. The van der Waals surface area contributed by atoms with Crippen molar-refractivity contribution in [3.63, 3.8) is 0 Å². The maximum absolute atomic E-state index is 10.8. The summed E-state index contributed by atoms with van der Waals surface area (Å²) in [6, 6.07) is 7.93. The Morgan fingerprint density at radius 2 is 2.17 bits per heavy atom. The van der Waals surface area contributed by atoms with Crippen LogP contribution >= 0.6 is 0 Å². The molecule has 0 heterocycles. The Hall–Kier alpha value is -2.50. The maximum Gasteiger partial charge on any atom is 0.255 e. The molecule has 6 nitrogen and oxygen atoms in total. The number of rotatable bonds is 7. The van der Waals surface area contributed by atoms with Crippen molar-refractivity contribution in [2.45, 2.75) is 32.4 Å². The molecule has 0 aromatic heterocycles. The van der Waals surface area contributed by atoms with E-state index in [0.717, 1.165) is 30.9 Å². The Morgan fingerprint density at radius 3 is 2.87 bits per heavy atom. The van der Waals surface area contributed by atoms with Crippen LogP contribution in [0.1, 0.15) is 25.3 Å². The van der Waals surface area contributed by atoms with Crippen molar-refractivity contribution in [3.05, 3.63) is 42.0 Å². The van der Waals surface area contributed by atoms with Crippen molar-refractivity contribution in [3.8, 4) is 5.75 Å². The second-order valence-electron chi connectivity index (χ2n) is 5.38. The number of nitrogens with one attached hydrogen (secondary N) is 2. The van der Waals surface area contributed by atoms with Gasteiger partial charge in [-0.25, -0.2) is 4.99 Å². The van der Waals surface area contributed by atoms with E-state index in [9.17, 15) is 4.79 Å². The van der Waals surface area contributed by atoms with Gasteiger partial charge < -0.3 is 21.1 Å². The van der Waals surface area contributed by atoms with E-state index in [1.807, 2.05) is 25.1 Å². The fourth-order valence-corrected chi connectivity index (χ4v) is 2.31. The Labute approximate surface area is 136 Å². The van der Waals surface area contributed by atoms with Gasteiger partial charge >= 0.3 is 0 Å². The second kappa shape index (κ2) is 8.82. The topological polar surface area (TPSA) is 88.7 Å². The Morgan fingerprint density at radius 1 is 1.39 bits per heavy atom. The van der Waals surface area contributed by atoms with Crippen LogP contribution in [0.2, 0.25) is 0 Å². The smallest absolute Gasteiger partial charge is 0.255 e. The van der Waals surface area contributed by atoms with Crippen molar-refractivity contribution in [1.82, 2.24) is 10.6 Å². The van der Waals surface area contributed by atoms with Crippen molar-refractivity contribution >= 4 is 11.9 Å². The van der Waals surface area contributed by atoms with Gasteiger partial charge in [-0.1, -0.05) is 24.3 Å². The van der Waals surface area contributed by atoms with Gasteiger partial charge in [0.15, 0.2) is 12.6 Å². The van der Waals surface area contributed by atoms with E-state index in [2.05, 4.69) is 27.8 Å². The van der Waals surface area contributed by atoms with Gasteiger partial charge in [0.1, 0.15) is 5.75 Å². The molecule has 0 fully saturated rings. The number of carbonyl (C=O) groups excluding carboxylic acids is 1. The molecule has 0 bridgehead atoms. The molecule has 1 aliphatic rings. The monoisotopic (exact) mass is 316 g/mol.